The van der Waals surface area contributed by atoms with Gasteiger partial charge in [0.2, 0.25) is 5.82 Å². The van der Waals surface area contributed by atoms with Gasteiger partial charge in [-0.05, 0) is 117 Å². The molecule has 0 heterocycles. The topological polar surface area (TPSA) is 9.23 Å². The molecule has 1 saturated carbocycles. The quantitative estimate of drug-likeness (QED) is 0.256. The molecule has 3 aromatic carbocycles. The van der Waals surface area contributed by atoms with Crippen LogP contribution < -0.4 is 4.74 Å². The molecule has 2 aliphatic rings. The first kappa shape index (κ1) is 28.3. The Bertz CT molecular complexity index is 1360. The molecule has 2 aliphatic carbocycles. The smallest absolute Gasteiger partial charge is 0.201 e. The van der Waals surface area contributed by atoms with Gasteiger partial charge in [-0.3, -0.25) is 0 Å². The predicted molar refractivity (Wildman–Crippen MR) is 159 cm³/mol. The molecule has 0 aromatic heterocycles. The van der Waals surface area contributed by atoms with Crippen molar-refractivity contribution in [1.29, 1.82) is 0 Å². The van der Waals surface area contributed by atoms with Crippen molar-refractivity contribution in [2.75, 3.05) is 6.61 Å². The maximum absolute atomic E-state index is 15.3. The van der Waals surface area contributed by atoms with E-state index in [1.165, 1.54) is 37.8 Å². The minimum atomic E-state index is -0.979. The van der Waals surface area contributed by atoms with E-state index in [2.05, 4.69) is 25.2 Å². The van der Waals surface area contributed by atoms with E-state index >= 15 is 4.39 Å². The molecule has 1 nitrogen and oxygen atoms in total. The standard InChI is InChI=1S/C36H39F3O/c1-3-5-24-6-8-25(9-7-24)26-10-14-28(15-11-26)31-19-18-30(23-33(31)37)27-12-16-29(17-13-27)32-20-21-34(40-22-4-2)36(39)35(32)38/h3,5,12-14,16-21,23-26H,4,6-11,15,22H2,1-2H3/b5-3+. The first-order valence-corrected chi connectivity index (χ1v) is 14.8. The molecule has 0 saturated heterocycles. The molecular formula is C36H39F3O. The fourth-order valence-electron chi connectivity index (χ4n) is 6.48. The highest BCUT2D eigenvalue weighted by Crippen LogP contribution is 2.42. The molecule has 1 fully saturated rings. The Morgan fingerprint density at radius 2 is 1.48 bits per heavy atom. The lowest BCUT2D eigenvalue weighted by Crippen LogP contribution is -2.22. The summed E-state index contributed by atoms with van der Waals surface area (Å²) in [4.78, 5) is 0. The van der Waals surface area contributed by atoms with E-state index in [0.29, 0.717) is 24.2 Å². The minimum absolute atomic E-state index is 0.0777. The lowest BCUT2D eigenvalue weighted by atomic mass is 9.71. The summed E-state index contributed by atoms with van der Waals surface area (Å²) in [5.74, 6) is 0.0658. The van der Waals surface area contributed by atoms with Gasteiger partial charge in [0.15, 0.2) is 11.6 Å². The van der Waals surface area contributed by atoms with Crippen molar-refractivity contribution >= 4 is 5.57 Å². The number of allylic oxidation sites excluding steroid dienone is 4. The van der Waals surface area contributed by atoms with Gasteiger partial charge in [-0.25, -0.2) is 8.78 Å². The SMILES string of the molecule is C/C=C/C1CCC(C2CC=C(c3ccc(-c4ccc(-c5ccc(OCCC)c(F)c5F)cc4)cc3F)CC2)CC1. The van der Waals surface area contributed by atoms with Crippen LogP contribution in [0.4, 0.5) is 13.2 Å². The van der Waals surface area contributed by atoms with E-state index in [-0.39, 0.29) is 17.1 Å². The van der Waals surface area contributed by atoms with Crippen LogP contribution in [0.15, 0.2) is 72.8 Å². The summed E-state index contributed by atoms with van der Waals surface area (Å²) >= 11 is 0. The van der Waals surface area contributed by atoms with Crippen molar-refractivity contribution in [3.05, 3.63) is 95.8 Å². The van der Waals surface area contributed by atoms with Crippen molar-refractivity contribution in [2.45, 2.75) is 65.2 Å². The molecule has 0 bridgehead atoms. The van der Waals surface area contributed by atoms with Gasteiger partial charge in [-0.2, -0.15) is 4.39 Å². The van der Waals surface area contributed by atoms with Crippen LogP contribution in [0.3, 0.4) is 0 Å². The zero-order valence-corrected chi connectivity index (χ0v) is 23.6. The van der Waals surface area contributed by atoms with Gasteiger partial charge in [-0.15, -0.1) is 0 Å². The maximum atomic E-state index is 15.3. The number of hydrogen-bond donors (Lipinski definition) is 0. The predicted octanol–water partition coefficient (Wildman–Crippen LogP) is 10.8. The van der Waals surface area contributed by atoms with Gasteiger partial charge in [0.1, 0.15) is 5.82 Å². The van der Waals surface area contributed by atoms with Crippen LogP contribution in [0, 0.1) is 35.2 Å². The van der Waals surface area contributed by atoms with E-state index in [4.69, 9.17) is 4.74 Å². The number of halogens is 3. The number of benzene rings is 3. The largest absolute Gasteiger partial charge is 0.490 e. The summed E-state index contributed by atoms with van der Waals surface area (Å²) < 4.78 is 49.8. The normalized spacial score (nSPS) is 21.4. The first-order valence-electron chi connectivity index (χ1n) is 14.8. The van der Waals surface area contributed by atoms with E-state index in [9.17, 15) is 8.78 Å². The Hall–Kier alpha value is -3.27. The van der Waals surface area contributed by atoms with E-state index < -0.39 is 11.6 Å². The zero-order chi connectivity index (χ0) is 28.1. The Kier molecular flexibility index (Phi) is 9.14. The minimum Gasteiger partial charge on any atom is -0.490 e. The summed E-state index contributed by atoms with van der Waals surface area (Å²) in [5.41, 5.74) is 4.11. The summed E-state index contributed by atoms with van der Waals surface area (Å²) in [6.07, 6.45) is 15.8. The molecule has 210 valence electrons. The third-order valence-electron chi connectivity index (χ3n) is 8.75. The van der Waals surface area contributed by atoms with Gasteiger partial charge in [-0.1, -0.05) is 61.5 Å². The zero-order valence-electron chi connectivity index (χ0n) is 23.6. The second-order valence-corrected chi connectivity index (χ2v) is 11.3. The molecule has 40 heavy (non-hydrogen) atoms. The molecule has 1 atom stereocenters. The Morgan fingerprint density at radius 3 is 2.12 bits per heavy atom. The van der Waals surface area contributed by atoms with E-state index in [0.717, 1.165) is 53.7 Å². The fourth-order valence-corrected chi connectivity index (χ4v) is 6.48. The highest BCUT2D eigenvalue weighted by atomic mass is 19.2. The van der Waals surface area contributed by atoms with Crippen LogP contribution in [0.2, 0.25) is 0 Å². The van der Waals surface area contributed by atoms with Crippen LogP contribution in [0.1, 0.15) is 70.8 Å². The van der Waals surface area contributed by atoms with Crippen molar-refractivity contribution in [2.24, 2.45) is 17.8 Å². The molecule has 1 unspecified atom stereocenters. The molecule has 0 amide bonds. The fraction of sp³-hybridized carbons (Fsp3) is 0.389. The molecule has 3 aromatic rings. The van der Waals surface area contributed by atoms with Crippen LogP contribution in [-0.4, -0.2) is 6.61 Å². The first-order chi connectivity index (χ1) is 19.5. The second kappa shape index (κ2) is 12.9. The van der Waals surface area contributed by atoms with Gasteiger partial charge < -0.3 is 4.74 Å². The van der Waals surface area contributed by atoms with Gasteiger partial charge >= 0.3 is 0 Å². The molecule has 0 spiro atoms. The Morgan fingerprint density at radius 1 is 0.775 bits per heavy atom. The molecule has 0 aliphatic heterocycles. The van der Waals surface area contributed by atoms with Crippen molar-refractivity contribution < 1.29 is 17.9 Å². The summed E-state index contributed by atoms with van der Waals surface area (Å²) in [6.45, 7) is 4.34. The van der Waals surface area contributed by atoms with Gasteiger partial charge in [0.05, 0.1) is 6.61 Å². The average molecular weight is 545 g/mol. The summed E-state index contributed by atoms with van der Waals surface area (Å²) in [7, 11) is 0. The highest BCUT2D eigenvalue weighted by Gasteiger charge is 2.28. The van der Waals surface area contributed by atoms with Crippen LogP contribution in [0.25, 0.3) is 27.8 Å². The number of ether oxygens (including phenoxy) is 1. The molecule has 5 rings (SSSR count). The lowest BCUT2D eigenvalue weighted by molar-refractivity contribution is 0.212. The molecule has 0 N–H and O–H groups in total. The maximum Gasteiger partial charge on any atom is 0.201 e. The average Bonchev–Trinajstić information content (AvgIpc) is 2.99. The Balaban J connectivity index is 1.25. The third kappa shape index (κ3) is 6.22. The highest BCUT2D eigenvalue weighted by molar-refractivity contribution is 5.74. The van der Waals surface area contributed by atoms with Crippen molar-refractivity contribution in [3.63, 3.8) is 0 Å². The van der Waals surface area contributed by atoms with Crippen LogP contribution >= 0.6 is 0 Å². The van der Waals surface area contributed by atoms with Gasteiger partial charge in [0, 0.05) is 11.1 Å². The van der Waals surface area contributed by atoms with Crippen LogP contribution in [0.5, 0.6) is 5.75 Å². The molecular weight excluding hydrogens is 505 g/mol. The Labute approximate surface area is 236 Å². The van der Waals surface area contributed by atoms with Crippen molar-refractivity contribution in [3.8, 4) is 28.0 Å². The van der Waals surface area contributed by atoms with E-state index in [1.54, 1.807) is 18.2 Å². The van der Waals surface area contributed by atoms with E-state index in [1.807, 2.05) is 31.2 Å². The van der Waals surface area contributed by atoms with Crippen LogP contribution in [-0.2, 0) is 0 Å². The molecule has 4 heteroatoms. The summed E-state index contributed by atoms with van der Waals surface area (Å²) in [6, 6.07) is 15.5. The third-order valence-corrected chi connectivity index (χ3v) is 8.75. The van der Waals surface area contributed by atoms with Crippen molar-refractivity contribution in [1.82, 2.24) is 0 Å². The number of hydrogen-bond acceptors (Lipinski definition) is 1. The summed E-state index contributed by atoms with van der Waals surface area (Å²) in [5, 5.41) is 0. The van der Waals surface area contributed by atoms with Gasteiger partial charge in [0.25, 0.3) is 0 Å². The second-order valence-electron chi connectivity index (χ2n) is 11.3. The lowest BCUT2D eigenvalue weighted by Gasteiger charge is -2.35. The monoisotopic (exact) mass is 544 g/mol. The number of rotatable bonds is 8. The molecule has 0 radical (unpaired) electrons.